The Hall–Kier alpha value is -3.22. The fraction of sp³-hybridized carbons (Fsp3) is 0.174. The molecule has 3 aromatic carbocycles. The molecule has 3 rings (SSSR count). The summed E-state index contributed by atoms with van der Waals surface area (Å²) >= 11 is 0. The number of carbonyl (C=O) groups is 1. The largest absolute Gasteiger partial charge is 0.489 e. The van der Waals surface area contributed by atoms with Gasteiger partial charge in [-0.3, -0.25) is 4.79 Å². The van der Waals surface area contributed by atoms with Gasteiger partial charge >= 0.3 is 5.97 Å². The quantitative estimate of drug-likeness (QED) is 0.574. The number of ether oxygens (including phenoxy) is 2. The summed E-state index contributed by atoms with van der Waals surface area (Å²) in [5, 5.41) is 9.06. The summed E-state index contributed by atoms with van der Waals surface area (Å²) in [5.74, 6) is -1.02. The molecule has 0 spiro atoms. The van der Waals surface area contributed by atoms with Crippen molar-refractivity contribution in [2.75, 3.05) is 6.61 Å². The third-order valence-electron chi connectivity index (χ3n) is 4.35. The molecule has 3 aromatic rings. The van der Waals surface area contributed by atoms with Gasteiger partial charge in [0.1, 0.15) is 30.3 Å². The molecule has 0 aromatic heterocycles. The van der Waals surface area contributed by atoms with Crippen molar-refractivity contribution >= 4 is 5.97 Å². The average molecular weight is 395 g/mol. The number of nitrogens with two attached hydrogens (primary N) is 1. The lowest BCUT2D eigenvalue weighted by atomic mass is 10.00. The van der Waals surface area contributed by atoms with Crippen molar-refractivity contribution in [1.82, 2.24) is 0 Å². The molecule has 0 aliphatic heterocycles. The minimum Gasteiger partial charge on any atom is -0.489 e. The van der Waals surface area contributed by atoms with Crippen LogP contribution in [0.1, 0.15) is 22.8 Å². The van der Waals surface area contributed by atoms with Crippen molar-refractivity contribution in [3.05, 3.63) is 101 Å². The summed E-state index contributed by atoms with van der Waals surface area (Å²) in [4.78, 5) is 11.1. The van der Waals surface area contributed by atoms with Crippen LogP contribution in [0.3, 0.4) is 0 Å². The van der Waals surface area contributed by atoms with Crippen LogP contribution in [0.2, 0.25) is 0 Å². The van der Waals surface area contributed by atoms with Crippen molar-refractivity contribution in [2.45, 2.75) is 18.8 Å². The predicted molar refractivity (Wildman–Crippen MR) is 107 cm³/mol. The number of rotatable bonds is 9. The maximum Gasteiger partial charge on any atom is 0.322 e. The molecule has 0 bridgehead atoms. The SMILES string of the molecule is N[C@@H](CO[C@H](c1cccc(F)c1)c1ccccc1OCc1ccccc1)C(=O)O. The summed E-state index contributed by atoms with van der Waals surface area (Å²) in [6.07, 6.45) is -0.733. The van der Waals surface area contributed by atoms with E-state index < -0.39 is 23.9 Å². The first-order chi connectivity index (χ1) is 14.0. The number of aliphatic carboxylic acids is 1. The summed E-state index contributed by atoms with van der Waals surface area (Å²) < 4.78 is 25.7. The topological polar surface area (TPSA) is 81.8 Å². The predicted octanol–water partition coefficient (Wildman–Crippen LogP) is 3.92. The number of hydrogen-bond acceptors (Lipinski definition) is 4. The summed E-state index contributed by atoms with van der Waals surface area (Å²) in [6.45, 7) is 0.117. The molecule has 0 amide bonds. The van der Waals surface area contributed by atoms with Crippen LogP contribution in [-0.4, -0.2) is 23.7 Å². The van der Waals surface area contributed by atoms with Gasteiger partial charge in [0.2, 0.25) is 0 Å². The number of benzene rings is 3. The van der Waals surface area contributed by atoms with E-state index >= 15 is 0 Å². The van der Waals surface area contributed by atoms with E-state index in [0.29, 0.717) is 23.5 Å². The Labute approximate surface area is 168 Å². The number of halogens is 1. The van der Waals surface area contributed by atoms with Crippen molar-refractivity contribution < 1.29 is 23.8 Å². The highest BCUT2D eigenvalue weighted by Gasteiger charge is 2.22. The van der Waals surface area contributed by atoms with Crippen LogP contribution in [0.25, 0.3) is 0 Å². The van der Waals surface area contributed by atoms with Gasteiger partial charge in [0, 0.05) is 5.56 Å². The van der Waals surface area contributed by atoms with Crippen LogP contribution in [0.15, 0.2) is 78.9 Å². The molecule has 2 atom stereocenters. The Balaban J connectivity index is 1.89. The van der Waals surface area contributed by atoms with Gasteiger partial charge in [0.05, 0.1) is 6.61 Å². The van der Waals surface area contributed by atoms with Crippen LogP contribution in [0, 0.1) is 5.82 Å². The highest BCUT2D eigenvalue weighted by Crippen LogP contribution is 2.33. The Morgan fingerprint density at radius 3 is 2.45 bits per heavy atom. The molecule has 0 aliphatic carbocycles. The van der Waals surface area contributed by atoms with Crippen LogP contribution in [0.5, 0.6) is 5.75 Å². The van der Waals surface area contributed by atoms with Gasteiger partial charge in [-0.1, -0.05) is 60.7 Å². The Kier molecular flexibility index (Phi) is 6.94. The van der Waals surface area contributed by atoms with Gasteiger partial charge in [-0.05, 0) is 29.3 Å². The lowest BCUT2D eigenvalue weighted by Gasteiger charge is -2.23. The fourth-order valence-electron chi connectivity index (χ4n) is 2.87. The molecule has 3 N–H and O–H groups in total. The molecule has 0 unspecified atom stereocenters. The van der Waals surface area contributed by atoms with E-state index in [0.717, 1.165) is 5.56 Å². The van der Waals surface area contributed by atoms with Gasteiger partial charge in [-0.2, -0.15) is 0 Å². The molecule has 150 valence electrons. The second-order valence-electron chi connectivity index (χ2n) is 6.53. The lowest BCUT2D eigenvalue weighted by Crippen LogP contribution is -2.35. The van der Waals surface area contributed by atoms with Gasteiger partial charge in [-0.25, -0.2) is 4.39 Å². The maximum atomic E-state index is 13.8. The van der Waals surface area contributed by atoms with Gasteiger partial charge in [0.25, 0.3) is 0 Å². The standard InChI is InChI=1S/C23H22FNO4/c24-18-10-6-9-17(13-18)22(29-15-20(25)23(26)27)19-11-4-5-12-21(19)28-14-16-7-2-1-3-8-16/h1-13,20,22H,14-15,25H2,(H,26,27)/t20-,22+/m0/s1. The van der Waals surface area contributed by atoms with Crippen LogP contribution in [-0.2, 0) is 16.1 Å². The van der Waals surface area contributed by atoms with Crippen LogP contribution < -0.4 is 10.5 Å². The maximum absolute atomic E-state index is 13.8. The monoisotopic (exact) mass is 395 g/mol. The number of para-hydroxylation sites is 1. The smallest absolute Gasteiger partial charge is 0.322 e. The zero-order valence-corrected chi connectivity index (χ0v) is 15.7. The lowest BCUT2D eigenvalue weighted by molar-refractivity contribution is -0.140. The minimum atomic E-state index is -1.19. The van der Waals surface area contributed by atoms with E-state index in [1.54, 1.807) is 18.2 Å². The fourth-order valence-corrected chi connectivity index (χ4v) is 2.87. The van der Waals surface area contributed by atoms with E-state index in [9.17, 15) is 9.18 Å². The normalized spacial score (nSPS) is 12.9. The van der Waals surface area contributed by atoms with Crippen molar-refractivity contribution in [2.24, 2.45) is 5.73 Å². The van der Waals surface area contributed by atoms with Crippen LogP contribution >= 0.6 is 0 Å². The third kappa shape index (κ3) is 5.63. The number of carboxylic acids is 1. The molecule has 0 saturated carbocycles. The molecular formula is C23H22FNO4. The van der Waals surface area contributed by atoms with E-state index in [4.69, 9.17) is 20.3 Å². The van der Waals surface area contributed by atoms with Crippen molar-refractivity contribution in [3.63, 3.8) is 0 Å². The summed E-state index contributed by atoms with van der Waals surface area (Å²) in [7, 11) is 0. The van der Waals surface area contributed by atoms with E-state index in [1.165, 1.54) is 12.1 Å². The zero-order chi connectivity index (χ0) is 20.6. The minimum absolute atomic E-state index is 0.233. The molecule has 0 fully saturated rings. The zero-order valence-electron chi connectivity index (χ0n) is 15.7. The number of carboxylic acid groups (broad SMARTS) is 1. The Morgan fingerprint density at radius 2 is 1.72 bits per heavy atom. The molecule has 29 heavy (non-hydrogen) atoms. The molecule has 0 heterocycles. The van der Waals surface area contributed by atoms with Gasteiger partial charge in [-0.15, -0.1) is 0 Å². The average Bonchev–Trinajstić information content (AvgIpc) is 2.73. The van der Waals surface area contributed by atoms with Crippen LogP contribution in [0.4, 0.5) is 4.39 Å². The first kappa shape index (κ1) is 20.5. The highest BCUT2D eigenvalue weighted by atomic mass is 19.1. The van der Waals surface area contributed by atoms with E-state index in [2.05, 4.69) is 0 Å². The third-order valence-corrected chi connectivity index (χ3v) is 4.35. The first-order valence-corrected chi connectivity index (χ1v) is 9.15. The molecule has 0 radical (unpaired) electrons. The number of hydrogen-bond donors (Lipinski definition) is 2. The second kappa shape index (κ2) is 9.82. The molecular weight excluding hydrogens is 373 g/mol. The van der Waals surface area contributed by atoms with Crippen molar-refractivity contribution in [1.29, 1.82) is 0 Å². The molecule has 5 nitrogen and oxygen atoms in total. The van der Waals surface area contributed by atoms with Crippen molar-refractivity contribution in [3.8, 4) is 5.75 Å². The van der Waals surface area contributed by atoms with E-state index in [1.807, 2.05) is 48.5 Å². The second-order valence-corrected chi connectivity index (χ2v) is 6.53. The van der Waals surface area contributed by atoms with E-state index in [-0.39, 0.29) is 6.61 Å². The molecule has 6 heteroatoms. The first-order valence-electron chi connectivity index (χ1n) is 9.15. The van der Waals surface area contributed by atoms with Gasteiger partial charge < -0.3 is 20.3 Å². The van der Waals surface area contributed by atoms with Gasteiger partial charge in [0.15, 0.2) is 0 Å². The molecule has 0 aliphatic rings. The summed E-state index contributed by atoms with van der Waals surface area (Å²) in [6, 6.07) is 21.7. The summed E-state index contributed by atoms with van der Waals surface area (Å²) in [5.41, 5.74) is 7.79. The highest BCUT2D eigenvalue weighted by molar-refractivity contribution is 5.73. The molecule has 0 saturated heterocycles. The Bertz CT molecular complexity index is 948. The Morgan fingerprint density at radius 1 is 1.00 bits per heavy atom.